The van der Waals surface area contributed by atoms with Gasteiger partial charge in [0.15, 0.2) is 5.65 Å². The normalized spacial score (nSPS) is 13.6. The van der Waals surface area contributed by atoms with Crippen molar-refractivity contribution in [3.63, 3.8) is 0 Å². The zero-order valence-corrected chi connectivity index (χ0v) is 30.5. The predicted octanol–water partition coefficient (Wildman–Crippen LogP) is 7.93. The van der Waals surface area contributed by atoms with Gasteiger partial charge in [-0.3, -0.25) is 10.2 Å². The number of carbonyl (C=O) groups is 1. The number of ether oxygens (including phenoxy) is 1. The molecule has 0 bridgehead atoms. The molecule has 0 atom stereocenters. The lowest BCUT2D eigenvalue weighted by atomic mass is 9.76. The van der Waals surface area contributed by atoms with Crippen LogP contribution in [0.2, 0.25) is 0 Å². The number of aromatic nitrogens is 3. The topological polar surface area (TPSA) is 108 Å². The van der Waals surface area contributed by atoms with Crippen LogP contribution in [-0.2, 0) is 5.54 Å². The summed E-state index contributed by atoms with van der Waals surface area (Å²) in [7, 11) is 3.98. The summed E-state index contributed by atoms with van der Waals surface area (Å²) >= 11 is 0. The predicted molar refractivity (Wildman–Crippen MR) is 208 cm³/mol. The molecule has 4 aromatic carbocycles. The molecule has 276 valence electrons. The average Bonchev–Trinajstić information content (AvgIpc) is 3.78. The van der Waals surface area contributed by atoms with E-state index in [-0.39, 0.29) is 28.6 Å². The van der Waals surface area contributed by atoms with Gasteiger partial charge in [-0.1, -0.05) is 91.0 Å². The van der Waals surface area contributed by atoms with Gasteiger partial charge in [-0.05, 0) is 81.7 Å². The maximum atomic E-state index is 14.3. The fourth-order valence-electron chi connectivity index (χ4n) is 6.96. The molecule has 54 heavy (non-hydrogen) atoms. The summed E-state index contributed by atoms with van der Waals surface area (Å²) in [5, 5.41) is 15.9. The minimum atomic E-state index is -3.03. The first-order chi connectivity index (χ1) is 26.1. The molecule has 11 heteroatoms. The van der Waals surface area contributed by atoms with Crippen molar-refractivity contribution in [3.05, 3.63) is 155 Å². The third-order valence-corrected chi connectivity index (χ3v) is 9.93. The summed E-state index contributed by atoms with van der Waals surface area (Å²) < 4.78 is 33.4. The Morgan fingerprint density at radius 1 is 0.926 bits per heavy atom. The van der Waals surface area contributed by atoms with Crippen molar-refractivity contribution < 1.29 is 18.3 Å². The van der Waals surface area contributed by atoms with E-state index >= 15 is 0 Å². The number of rotatable bonds is 15. The van der Waals surface area contributed by atoms with E-state index in [4.69, 9.17) is 14.7 Å². The van der Waals surface area contributed by atoms with E-state index in [2.05, 4.69) is 51.9 Å². The molecule has 0 radical (unpaired) electrons. The van der Waals surface area contributed by atoms with Gasteiger partial charge in [0.25, 0.3) is 5.91 Å². The van der Waals surface area contributed by atoms with Gasteiger partial charge in [0.1, 0.15) is 22.5 Å². The summed E-state index contributed by atoms with van der Waals surface area (Å²) in [6.07, 6.45) is 5.87. The van der Waals surface area contributed by atoms with Crippen molar-refractivity contribution in [1.82, 2.24) is 24.8 Å². The highest BCUT2D eigenvalue weighted by molar-refractivity contribution is 6.14. The lowest BCUT2D eigenvalue weighted by molar-refractivity contribution is -0.0498. The van der Waals surface area contributed by atoms with Gasteiger partial charge in [0.2, 0.25) is 0 Å². The summed E-state index contributed by atoms with van der Waals surface area (Å²) in [4.78, 5) is 26.3. The van der Waals surface area contributed by atoms with Crippen LogP contribution in [-0.4, -0.2) is 70.4 Å². The Hall–Kier alpha value is -5.94. The molecule has 0 spiro atoms. The number of hydrogen-bond donors (Lipinski definition) is 3. The van der Waals surface area contributed by atoms with Crippen molar-refractivity contribution in [2.45, 2.75) is 43.9 Å². The molecule has 0 aliphatic heterocycles. The summed E-state index contributed by atoms with van der Waals surface area (Å²) in [6, 6.07) is 34.7. The molecule has 9 nitrogen and oxygen atoms in total. The molecule has 6 aromatic rings. The van der Waals surface area contributed by atoms with Gasteiger partial charge in [0.05, 0.1) is 17.5 Å². The van der Waals surface area contributed by atoms with Crippen LogP contribution in [0.25, 0.3) is 11.2 Å². The highest BCUT2D eigenvalue weighted by Gasteiger charge is 2.43. The van der Waals surface area contributed by atoms with E-state index in [0.29, 0.717) is 34.5 Å². The molecule has 0 unspecified atom stereocenters. The number of fused-ring (bicyclic) bond motifs is 1. The van der Waals surface area contributed by atoms with Crippen LogP contribution in [0, 0.1) is 5.41 Å². The van der Waals surface area contributed by atoms with Gasteiger partial charge >= 0.3 is 6.61 Å². The number of alkyl halides is 2. The number of halogens is 2. The van der Waals surface area contributed by atoms with Crippen LogP contribution in [0.15, 0.2) is 122 Å². The summed E-state index contributed by atoms with van der Waals surface area (Å²) in [5.41, 5.74) is 3.57. The lowest BCUT2D eigenvalue weighted by Gasteiger charge is -2.38. The van der Waals surface area contributed by atoms with Gasteiger partial charge in [-0.25, -0.2) is 9.97 Å². The smallest absolute Gasteiger partial charge is 0.387 e. The second-order valence-electron chi connectivity index (χ2n) is 14.2. The minimum Gasteiger partial charge on any atom is -0.435 e. The number of nitrogens with one attached hydrogen (secondary N) is 3. The maximum absolute atomic E-state index is 14.3. The highest BCUT2D eigenvalue weighted by atomic mass is 19.3. The first-order valence-corrected chi connectivity index (χ1v) is 18.0. The Kier molecular flexibility index (Phi) is 10.2. The van der Waals surface area contributed by atoms with Crippen molar-refractivity contribution in [1.29, 1.82) is 5.41 Å². The van der Waals surface area contributed by atoms with Crippen LogP contribution in [0.4, 0.5) is 14.5 Å². The average molecular weight is 728 g/mol. The van der Waals surface area contributed by atoms with E-state index in [1.54, 1.807) is 6.07 Å². The third-order valence-electron chi connectivity index (χ3n) is 9.93. The Labute approximate surface area is 313 Å². The van der Waals surface area contributed by atoms with E-state index in [9.17, 15) is 19.0 Å². The van der Waals surface area contributed by atoms with Crippen LogP contribution in [0.1, 0.15) is 64.5 Å². The van der Waals surface area contributed by atoms with Crippen molar-refractivity contribution >= 4 is 28.5 Å². The van der Waals surface area contributed by atoms with E-state index < -0.39 is 12.2 Å². The van der Waals surface area contributed by atoms with E-state index in [0.717, 1.165) is 42.5 Å². The molecule has 1 amide bonds. The molecule has 2 heterocycles. The SMILES string of the molecule is CN(C)CCCNc1ccc(OC(F)F)cc1C(=N)c1cnc2c(n1)c(C(=O)NC1(C)CC1)cn2C(c1ccccc1)(c1ccccc1)c1ccccc1. The fraction of sp³-hybridized carbons (Fsp3) is 0.256. The van der Waals surface area contributed by atoms with Crippen molar-refractivity contribution in [3.8, 4) is 5.75 Å². The van der Waals surface area contributed by atoms with E-state index in [1.165, 1.54) is 18.3 Å². The second-order valence-corrected chi connectivity index (χ2v) is 14.2. The largest absolute Gasteiger partial charge is 0.435 e. The number of nitrogens with zero attached hydrogens (tertiary/aromatic N) is 4. The Morgan fingerprint density at radius 3 is 2.06 bits per heavy atom. The molecule has 7 rings (SSSR count). The van der Waals surface area contributed by atoms with Gasteiger partial charge in [-0.2, -0.15) is 8.78 Å². The number of benzene rings is 4. The van der Waals surface area contributed by atoms with Crippen LogP contribution >= 0.6 is 0 Å². The van der Waals surface area contributed by atoms with Gasteiger partial charge in [-0.15, -0.1) is 0 Å². The zero-order chi connectivity index (χ0) is 37.9. The summed E-state index contributed by atoms with van der Waals surface area (Å²) in [6.45, 7) is 0.410. The summed E-state index contributed by atoms with van der Waals surface area (Å²) in [5.74, 6) is -0.379. The Morgan fingerprint density at radius 2 is 1.52 bits per heavy atom. The van der Waals surface area contributed by atoms with E-state index in [1.807, 2.05) is 86.4 Å². The standard InChI is InChI=1S/C43H43F2N7O2/c1-42(22-23-42)50-40(53)34-28-52(43(29-14-7-4-8-15-29,30-16-9-5-10-17-30)31-18-11-6-12-19-31)39-38(34)49-36(27-48-39)37(46)33-26-32(54-41(44)45)20-21-35(33)47-24-13-25-51(2)3/h4-12,14-21,26-28,41,46-47H,13,22-25H2,1-3H3,(H,50,53). The molecule has 1 aliphatic rings. The maximum Gasteiger partial charge on any atom is 0.387 e. The molecular formula is C43H43F2N7O2. The monoisotopic (exact) mass is 727 g/mol. The number of amides is 1. The number of hydrogen-bond acceptors (Lipinski definition) is 7. The van der Waals surface area contributed by atoms with Crippen molar-refractivity contribution in [2.24, 2.45) is 0 Å². The Bertz CT molecular complexity index is 2160. The highest BCUT2D eigenvalue weighted by Crippen LogP contribution is 2.43. The van der Waals surface area contributed by atoms with Crippen LogP contribution in [0.5, 0.6) is 5.75 Å². The quantitative estimate of drug-likeness (QED) is 0.0564. The number of anilines is 1. The fourth-order valence-corrected chi connectivity index (χ4v) is 6.96. The lowest BCUT2D eigenvalue weighted by Crippen LogP contribution is -2.38. The molecule has 1 aliphatic carbocycles. The molecule has 2 aromatic heterocycles. The first-order valence-electron chi connectivity index (χ1n) is 18.0. The molecule has 3 N–H and O–H groups in total. The molecule has 1 fully saturated rings. The molecular weight excluding hydrogens is 685 g/mol. The number of carbonyl (C=O) groups excluding carboxylic acids is 1. The third kappa shape index (κ3) is 7.32. The minimum absolute atomic E-state index is 0.0621. The molecule has 1 saturated carbocycles. The van der Waals surface area contributed by atoms with Crippen LogP contribution < -0.4 is 15.4 Å². The van der Waals surface area contributed by atoms with Gasteiger partial charge < -0.3 is 24.8 Å². The first kappa shape index (κ1) is 36.4. The van der Waals surface area contributed by atoms with Crippen molar-refractivity contribution in [2.75, 3.05) is 32.5 Å². The Balaban J connectivity index is 1.43. The zero-order valence-electron chi connectivity index (χ0n) is 30.5. The van der Waals surface area contributed by atoms with Gasteiger partial charge in [0, 0.05) is 29.5 Å². The molecule has 0 saturated heterocycles. The second kappa shape index (κ2) is 15.2. The van der Waals surface area contributed by atoms with Crippen LogP contribution in [0.3, 0.4) is 0 Å².